The van der Waals surface area contributed by atoms with E-state index >= 15 is 0 Å². The van der Waals surface area contributed by atoms with Crippen molar-refractivity contribution in [1.82, 2.24) is 15.1 Å². The summed E-state index contributed by atoms with van der Waals surface area (Å²) in [6.07, 6.45) is 2.28. The van der Waals surface area contributed by atoms with Crippen LogP contribution in [0.4, 0.5) is 5.82 Å². The zero-order valence-electron chi connectivity index (χ0n) is 17.4. The van der Waals surface area contributed by atoms with Crippen molar-refractivity contribution < 1.29 is 14.0 Å². The predicted octanol–water partition coefficient (Wildman–Crippen LogP) is 5.39. The molecule has 0 aliphatic carbocycles. The lowest BCUT2D eigenvalue weighted by molar-refractivity contribution is 0.287. The average Bonchev–Trinajstić information content (AvgIpc) is 3.21. The third kappa shape index (κ3) is 4.72. The van der Waals surface area contributed by atoms with Gasteiger partial charge in [-0.25, -0.2) is 9.97 Å². The van der Waals surface area contributed by atoms with Crippen molar-refractivity contribution in [2.24, 2.45) is 0 Å². The summed E-state index contributed by atoms with van der Waals surface area (Å²) in [5.74, 6) is 2.12. The van der Waals surface area contributed by atoms with Crippen LogP contribution in [-0.2, 0) is 6.42 Å². The van der Waals surface area contributed by atoms with Crippen LogP contribution in [0.3, 0.4) is 0 Å². The third-order valence-corrected chi connectivity index (χ3v) is 4.94. The molecular weight excluding hydrogens is 416 g/mol. The first-order chi connectivity index (χ1) is 15.2. The molecule has 1 N–H and O–H groups in total. The summed E-state index contributed by atoms with van der Waals surface area (Å²) in [6, 6.07) is 13.4. The van der Waals surface area contributed by atoms with Crippen LogP contribution < -0.4 is 14.8 Å². The van der Waals surface area contributed by atoms with E-state index < -0.39 is 0 Å². The lowest BCUT2D eigenvalue weighted by Gasteiger charge is -2.12. The molecule has 0 aliphatic heterocycles. The molecule has 0 unspecified atom stereocenters. The lowest BCUT2D eigenvalue weighted by atomic mass is 10.1. The molecule has 0 saturated heterocycles. The lowest BCUT2D eigenvalue weighted by Crippen LogP contribution is -2.07. The number of fused-ring (bicyclic) bond motifs is 1. The molecule has 2 heterocycles. The van der Waals surface area contributed by atoms with Gasteiger partial charge in [0.2, 0.25) is 5.58 Å². The molecule has 31 heavy (non-hydrogen) atoms. The standard InChI is InChI=1S/C23H23ClN4O3/c1-3-29-18-10-5-15(13-19(18)30-4-2)11-12-25-23-22-21(26-14-27-23)20(28-31-22)16-6-8-17(24)9-7-16/h5-10,13-14H,3-4,11-12H2,1-2H3,(H,25,26,27). The van der Waals surface area contributed by atoms with Crippen LogP contribution in [0, 0.1) is 0 Å². The van der Waals surface area contributed by atoms with Crippen molar-refractivity contribution in [3.05, 3.63) is 59.4 Å². The van der Waals surface area contributed by atoms with Crippen molar-refractivity contribution in [3.63, 3.8) is 0 Å². The molecule has 4 rings (SSSR count). The Morgan fingerprint density at radius 3 is 2.52 bits per heavy atom. The molecule has 0 spiro atoms. The molecule has 4 aromatic rings. The highest BCUT2D eigenvalue weighted by atomic mass is 35.5. The first-order valence-electron chi connectivity index (χ1n) is 10.2. The van der Waals surface area contributed by atoms with Crippen LogP contribution in [0.2, 0.25) is 5.02 Å². The maximum absolute atomic E-state index is 5.98. The molecule has 0 radical (unpaired) electrons. The van der Waals surface area contributed by atoms with Crippen LogP contribution in [-0.4, -0.2) is 34.9 Å². The van der Waals surface area contributed by atoms with Gasteiger partial charge in [0.15, 0.2) is 17.3 Å². The summed E-state index contributed by atoms with van der Waals surface area (Å²) < 4.78 is 16.9. The second-order valence-corrected chi connectivity index (χ2v) is 7.20. The van der Waals surface area contributed by atoms with Crippen LogP contribution in [0.15, 0.2) is 53.3 Å². The quantitative estimate of drug-likeness (QED) is 0.375. The Hall–Kier alpha value is -3.32. The molecule has 0 saturated carbocycles. The Kier molecular flexibility index (Phi) is 6.52. The van der Waals surface area contributed by atoms with E-state index in [1.54, 1.807) is 0 Å². The Labute approximate surface area is 185 Å². The van der Waals surface area contributed by atoms with Crippen LogP contribution in [0.5, 0.6) is 11.5 Å². The minimum absolute atomic E-state index is 0.522. The zero-order valence-corrected chi connectivity index (χ0v) is 18.1. The SMILES string of the molecule is CCOc1ccc(CCNc2ncnc3c(-c4ccc(Cl)cc4)noc23)cc1OCC. The van der Waals surface area contributed by atoms with E-state index in [1.807, 2.05) is 56.3 Å². The normalized spacial score (nSPS) is 10.9. The zero-order chi connectivity index (χ0) is 21.6. The highest BCUT2D eigenvalue weighted by molar-refractivity contribution is 6.30. The number of rotatable bonds is 9. The van der Waals surface area contributed by atoms with E-state index in [4.69, 9.17) is 25.6 Å². The number of nitrogens with zero attached hydrogens (tertiary/aromatic N) is 3. The Morgan fingerprint density at radius 1 is 0.968 bits per heavy atom. The van der Waals surface area contributed by atoms with Gasteiger partial charge in [-0.15, -0.1) is 0 Å². The van der Waals surface area contributed by atoms with Crippen molar-refractivity contribution in [3.8, 4) is 22.8 Å². The third-order valence-electron chi connectivity index (χ3n) is 4.69. The van der Waals surface area contributed by atoms with Gasteiger partial charge in [-0.1, -0.05) is 35.0 Å². The number of hydrogen-bond acceptors (Lipinski definition) is 7. The molecule has 2 aromatic carbocycles. The number of hydrogen-bond donors (Lipinski definition) is 1. The smallest absolute Gasteiger partial charge is 0.228 e. The fraction of sp³-hybridized carbons (Fsp3) is 0.261. The van der Waals surface area contributed by atoms with Crippen LogP contribution in [0.1, 0.15) is 19.4 Å². The van der Waals surface area contributed by atoms with Gasteiger partial charge in [0.05, 0.1) is 13.2 Å². The van der Waals surface area contributed by atoms with E-state index in [0.717, 1.165) is 29.0 Å². The molecular formula is C23H23ClN4O3. The van der Waals surface area contributed by atoms with Gasteiger partial charge in [0, 0.05) is 17.1 Å². The molecule has 0 amide bonds. The van der Waals surface area contributed by atoms with Crippen molar-refractivity contribution in [2.45, 2.75) is 20.3 Å². The Morgan fingerprint density at radius 2 is 1.74 bits per heavy atom. The molecule has 0 aliphatic rings. The molecule has 0 fully saturated rings. The number of halogens is 1. The monoisotopic (exact) mass is 438 g/mol. The van der Waals surface area contributed by atoms with Gasteiger partial charge in [-0.3, -0.25) is 0 Å². The van der Waals surface area contributed by atoms with Gasteiger partial charge in [-0.05, 0) is 50.1 Å². The molecule has 160 valence electrons. The Balaban J connectivity index is 1.48. The van der Waals surface area contributed by atoms with Crippen molar-refractivity contribution in [1.29, 1.82) is 0 Å². The van der Waals surface area contributed by atoms with E-state index in [9.17, 15) is 0 Å². The topological polar surface area (TPSA) is 82.3 Å². The van der Waals surface area contributed by atoms with Gasteiger partial charge in [-0.2, -0.15) is 0 Å². The number of ether oxygens (including phenoxy) is 2. The van der Waals surface area contributed by atoms with Crippen molar-refractivity contribution >= 4 is 28.5 Å². The first kappa shape index (κ1) is 20.9. The first-order valence-corrected chi connectivity index (χ1v) is 10.6. The highest BCUT2D eigenvalue weighted by Gasteiger charge is 2.16. The van der Waals surface area contributed by atoms with E-state index in [-0.39, 0.29) is 0 Å². The van der Waals surface area contributed by atoms with E-state index in [0.29, 0.717) is 47.4 Å². The molecule has 0 bridgehead atoms. The fourth-order valence-electron chi connectivity index (χ4n) is 3.26. The number of nitrogens with one attached hydrogen (secondary N) is 1. The van der Waals surface area contributed by atoms with Gasteiger partial charge in [0.25, 0.3) is 0 Å². The summed E-state index contributed by atoms with van der Waals surface area (Å²) in [4.78, 5) is 8.68. The minimum Gasteiger partial charge on any atom is -0.490 e. The molecule has 7 nitrogen and oxygen atoms in total. The Bertz CT molecular complexity index is 1160. The highest BCUT2D eigenvalue weighted by Crippen LogP contribution is 2.31. The summed E-state index contributed by atoms with van der Waals surface area (Å²) >= 11 is 5.98. The predicted molar refractivity (Wildman–Crippen MR) is 121 cm³/mol. The summed E-state index contributed by atoms with van der Waals surface area (Å²) in [5.41, 5.74) is 3.84. The minimum atomic E-state index is 0.522. The molecule has 0 atom stereocenters. The van der Waals surface area contributed by atoms with E-state index in [2.05, 4.69) is 20.4 Å². The number of benzene rings is 2. The maximum Gasteiger partial charge on any atom is 0.228 e. The maximum atomic E-state index is 5.98. The van der Waals surface area contributed by atoms with Gasteiger partial charge >= 0.3 is 0 Å². The number of aromatic nitrogens is 3. The molecule has 2 aromatic heterocycles. The second kappa shape index (κ2) is 9.66. The summed E-state index contributed by atoms with van der Waals surface area (Å²) in [6.45, 7) is 5.75. The van der Waals surface area contributed by atoms with Gasteiger partial charge < -0.3 is 19.3 Å². The molecule has 8 heteroatoms. The van der Waals surface area contributed by atoms with Crippen LogP contribution >= 0.6 is 11.6 Å². The summed E-state index contributed by atoms with van der Waals surface area (Å²) in [7, 11) is 0. The largest absolute Gasteiger partial charge is 0.490 e. The second-order valence-electron chi connectivity index (χ2n) is 6.76. The van der Waals surface area contributed by atoms with Crippen LogP contribution in [0.25, 0.3) is 22.4 Å². The van der Waals surface area contributed by atoms with E-state index in [1.165, 1.54) is 6.33 Å². The fourth-order valence-corrected chi connectivity index (χ4v) is 3.39. The van der Waals surface area contributed by atoms with Gasteiger partial charge in [0.1, 0.15) is 17.5 Å². The van der Waals surface area contributed by atoms with Crippen molar-refractivity contribution in [2.75, 3.05) is 25.1 Å². The number of anilines is 1. The average molecular weight is 439 g/mol. The summed E-state index contributed by atoms with van der Waals surface area (Å²) in [5, 5.41) is 8.18.